The van der Waals surface area contributed by atoms with E-state index in [0.29, 0.717) is 0 Å². The van der Waals surface area contributed by atoms with Crippen LogP contribution in [0, 0.1) is 0 Å². The van der Waals surface area contributed by atoms with Gasteiger partial charge >= 0.3 is 145 Å². The molecular formula is C13H24Se3Si4. The molecule has 20 heavy (non-hydrogen) atoms. The van der Waals surface area contributed by atoms with Gasteiger partial charge in [0.25, 0.3) is 0 Å². The summed E-state index contributed by atoms with van der Waals surface area (Å²) in [4.78, 5) is 1.35. The fraction of sp³-hybridized carbons (Fsp3) is 0.538. The first-order chi connectivity index (χ1) is 9.09. The molecule has 0 aliphatic carbocycles. The molecule has 1 aromatic rings. The third kappa shape index (κ3) is 2.56. The molecule has 110 valence electrons. The second kappa shape index (κ2) is 5.07. The van der Waals surface area contributed by atoms with Crippen molar-refractivity contribution < 1.29 is 0 Å². The van der Waals surface area contributed by atoms with Gasteiger partial charge in [-0.15, -0.1) is 0 Å². The van der Waals surface area contributed by atoms with Crippen molar-refractivity contribution in [1.29, 1.82) is 0 Å². The number of rotatable bonds is 1. The Kier molecular flexibility index (Phi) is 4.18. The van der Waals surface area contributed by atoms with Crippen LogP contribution in [0.3, 0.4) is 0 Å². The molecule has 0 spiro atoms. The van der Waals surface area contributed by atoms with Gasteiger partial charge in [0.15, 0.2) is 0 Å². The molecule has 0 saturated carbocycles. The number of hydrogen-bond donors (Lipinski definition) is 0. The van der Waals surface area contributed by atoms with Gasteiger partial charge in [0, 0.05) is 0 Å². The Balaban J connectivity index is 2.17. The summed E-state index contributed by atoms with van der Waals surface area (Å²) in [6.07, 6.45) is 0. The van der Waals surface area contributed by atoms with Crippen LogP contribution in [0.25, 0.3) is 0 Å². The summed E-state index contributed by atoms with van der Waals surface area (Å²) < 4.78 is -1.00. The maximum absolute atomic E-state index is 2.80. The molecule has 0 amide bonds. The maximum atomic E-state index is 2.80. The third-order valence-corrected chi connectivity index (χ3v) is 144. The van der Waals surface area contributed by atoms with E-state index in [0.717, 1.165) is 41.0 Å². The molecule has 3 aliphatic rings. The van der Waals surface area contributed by atoms with Crippen LogP contribution < -0.4 is 5.19 Å². The van der Waals surface area contributed by atoms with Crippen molar-refractivity contribution in [1.82, 2.24) is 0 Å². The van der Waals surface area contributed by atoms with Crippen molar-refractivity contribution in [3.8, 4) is 0 Å². The van der Waals surface area contributed by atoms with Crippen LogP contribution in [0.2, 0.25) is 44.1 Å². The quantitative estimate of drug-likeness (QED) is 0.489. The van der Waals surface area contributed by atoms with E-state index in [1.165, 1.54) is 4.79 Å². The van der Waals surface area contributed by atoms with Crippen LogP contribution in [0.1, 0.15) is 0 Å². The van der Waals surface area contributed by atoms with Crippen LogP contribution in [0.15, 0.2) is 30.3 Å². The van der Waals surface area contributed by atoms with Crippen molar-refractivity contribution in [2.45, 2.75) is 44.1 Å². The van der Waals surface area contributed by atoms with Crippen molar-refractivity contribution >= 4 is 70.1 Å². The summed E-state index contributed by atoms with van der Waals surface area (Å²) in [5, 5.41) is 1.90. The van der Waals surface area contributed by atoms with Crippen molar-refractivity contribution in [3.63, 3.8) is 0 Å². The van der Waals surface area contributed by atoms with Gasteiger partial charge in [0.2, 0.25) is 0 Å². The van der Waals surface area contributed by atoms with E-state index in [9.17, 15) is 0 Å². The molecule has 3 fully saturated rings. The zero-order valence-electron chi connectivity index (χ0n) is 13.2. The van der Waals surface area contributed by atoms with E-state index in [1.54, 1.807) is 0 Å². The topological polar surface area (TPSA) is 0 Å². The van der Waals surface area contributed by atoms with Crippen LogP contribution >= 0.6 is 0 Å². The molecule has 0 atom stereocenters. The van der Waals surface area contributed by atoms with Crippen LogP contribution in [-0.4, -0.2) is 65.0 Å². The second-order valence-corrected chi connectivity index (χ2v) is 79.5. The molecule has 3 saturated heterocycles. The minimum absolute atomic E-state index is 0.917. The Morgan fingerprint density at radius 1 is 0.700 bits per heavy atom. The van der Waals surface area contributed by atoms with Gasteiger partial charge < -0.3 is 0 Å². The summed E-state index contributed by atoms with van der Waals surface area (Å²) >= 11 is 3.24. The normalized spacial score (nSPS) is 36.8. The molecule has 0 unspecified atom stereocenters. The van der Waals surface area contributed by atoms with Crippen LogP contribution in [-0.2, 0) is 0 Å². The fourth-order valence-electron chi connectivity index (χ4n) is 4.61. The first-order valence-electron chi connectivity index (χ1n) is 7.25. The molecule has 2 bridgehead atoms. The van der Waals surface area contributed by atoms with E-state index < -0.39 is 23.9 Å². The van der Waals surface area contributed by atoms with E-state index in [-0.39, 0.29) is 0 Å². The van der Waals surface area contributed by atoms with Gasteiger partial charge in [-0.2, -0.15) is 0 Å². The Hall–Kier alpha value is 1.65. The van der Waals surface area contributed by atoms with Crippen molar-refractivity contribution in [3.05, 3.63) is 30.3 Å². The second-order valence-electron chi connectivity index (χ2n) is 7.47. The zero-order valence-corrected chi connectivity index (χ0v) is 22.3. The van der Waals surface area contributed by atoms with E-state index in [2.05, 4.69) is 69.6 Å². The Morgan fingerprint density at radius 2 is 1.10 bits per heavy atom. The number of fused-ring (bicyclic) bond motifs is 3. The number of hydrogen-bond acceptors (Lipinski definition) is 0. The average molecular weight is 530 g/mol. The summed E-state index contributed by atoms with van der Waals surface area (Å²) in [5.74, 6) is 0. The van der Waals surface area contributed by atoms with Gasteiger partial charge in [0.05, 0.1) is 0 Å². The predicted octanol–water partition coefficient (Wildman–Crippen LogP) is 2.04. The first-order valence-corrected chi connectivity index (χ1v) is 33.4. The molecule has 1 aromatic carbocycles. The Labute approximate surface area is 143 Å². The zero-order chi connectivity index (χ0) is 14.8. The molecule has 7 heteroatoms. The van der Waals surface area contributed by atoms with Gasteiger partial charge in [-0.05, 0) is 0 Å². The first kappa shape index (κ1) is 16.5. The number of benzene rings is 1. The van der Waals surface area contributed by atoms with E-state index >= 15 is 0 Å². The van der Waals surface area contributed by atoms with Crippen molar-refractivity contribution in [2.75, 3.05) is 0 Å². The molecular weight excluding hydrogens is 505 g/mol. The molecule has 3 heterocycles. The van der Waals surface area contributed by atoms with Gasteiger partial charge in [-0.1, -0.05) is 0 Å². The standard InChI is InChI=1S/C13H24Se3Si4/c1-17(2)13-18(3,4)15-20(14-17,16-19(13,5)6)12-10-8-7-9-11-12/h7-11,13H,1-6H3. The van der Waals surface area contributed by atoms with Gasteiger partial charge in [-0.25, -0.2) is 0 Å². The predicted molar refractivity (Wildman–Crippen MR) is 105 cm³/mol. The molecule has 4 rings (SSSR count). The SMILES string of the molecule is C[Si]1(C)[Se][Si]2(c3ccccc3)[Se][Si](C)(C)C1[Si](C)(C)[Se]2. The minimum atomic E-state index is -1.00. The Bertz CT molecular complexity index is 484. The van der Waals surface area contributed by atoms with Gasteiger partial charge in [0.1, 0.15) is 0 Å². The van der Waals surface area contributed by atoms with Crippen LogP contribution in [0.5, 0.6) is 0 Å². The van der Waals surface area contributed by atoms with E-state index in [1.807, 2.05) is 5.19 Å². The molecule has 3 aliphatic heterocycles. The average Bonchev–Trinajstić information content (AvgIpc) is 2.23. The summed E-state index contributed by atoms with van der Waals surface area (Å²) in [6.45, 7) is 14.1. The van der Waals surface area contributed by atoms with Gasteiger partial charge in [-0.3, -0.25) is 0 Å². The fourth-order valence-corrected chi connectivity index (χ4v) is 324. The molecule has 0 N–H and O–H groups in total. The van der Waals surface area contributed by atoms with E-state index in [4.69, 9.17) is 0 Å². The molecule has 0 radical (unpaired) electrons. The summed E-state index contributed by atoms with van der Waals surface area (Å²) in [6, 6.07) is 12.0. The van der Waals surface area contributed by atoms with Crippen molar-refractivity contribution in [2.24, 2.45) is 0 Å². The molecule has 0 nitrogen and oxygen atoms in total. The summed E-state index contributed by atoms with van der Waals surface area (Å²) in [7, 11) is 0. The molecule has 0 aromatic heterocycles. The third-order valence-electron chi connectivity index (χ3n) is 4.41. The Morgan fingerprint density at radius 3 is 1.50 bits per heavy atom. The van der Waals surface area contributed by atoms with Crippen LogP contribution in [0.4, 0.5) is 0 Å². The summed E-state index contributed by atoms with van der Waals surface area (Å²) in [5.41, 5.74) is 0. The monoisotopic (exact) mass is 532 g/mol.